The van der Waals surface area contributed by atoms with Gasteiger partial charge in [-0.15, -0.1) is 11.8 Å². The van der Waals surface area contributed by atoms with E-state index in [0.717, 1.165) is 16.0 Å². The number of carbonyl (C=O) groups excluding carboxylic acids is 1. The molecule has 0 amide bonds. The standard InChI is InChI=1S/C23H19ClO3S/c24-20-12-8-18(9-13-20)17-6-10-19(11-7-17)23(14-15-25,22(26)27)16-28-21-4-2-1-3-5-21/h1-13,15H,14,16H2,(H,26,27)/t23-/m1/s1. The van der Waals surface area contributed by atoms with Gasteiger partial charge in [0, 0.05) is 22.1 Å². The molecule has 142 valence electrons. The van der Waals surface area contributed by atoms with Crippen LogP contribution in [-0.4, -0.2) is 23.1 Å². The van der Waals surface area contributed by atoms with Crippen LogP contribution < -0.4 is 0 Å². The van der Waals surface area contributed by atoms with E-state index in [0.29, 0.717) is 16.9 Å². The molecule has 0 aliphatic carbocycles. The van der Waals surface area contributed by atoms with E-state index < -0.39 is 11.4 Å². The highest BCUT2D eigenvalue weighted by atomic mass is 35.5. The summed E-state index contributed by atoms with van der Waals surface area (Å²) in [5.74, 6) is -0.729. The lowest BCUT2D eigenvalue weighted by atomic mass is 9.79. The molecular weight excluding hydrogens is 392 g/mol. The largest absolute Gasteiger partial charge is 0.481 e. The van der Waals surface area contributed by atoms with Crippen LogP contribution in [0.25, 0.3) is 11.1 Å². The van der Waals surface area contributed by atoms with Gasteiger partial charge in [-0.1, -0.05) is 66.2 Å². The monoisotopic (exact) mass is 410 g/mol. The topological polar surface area (TPSA) is 54.4 Å². The molecule has 0 saturated carbocycles. The lowest BCUT2D eigenvalue weighted by molar-refractivity contribution is -0.144. The van der Waals surface area contributed by atoms with Crippen molar-refractivity contribution in [3.63, 3.8) is 0 Å². The third kappa shape index (κ3) is 4.46. The molecule has 0 aromatic heterocycles. The fourth-order valence-electron chi connectivity index (χ4n) is 3.02. The zero-order valence-corrected chi connectivity index (χ0v) is 16.6. The Balaban J connectivity index is 1.92. The van der Waals surface area contributed by atoms with Gasteiger partial charge in [0.1, 0.15) is 11.7 Å². The summed E-state index contributed by atoms with van der Waals surface area (Å²) < 4.78 is 0. The maximum atomic E-state index is 12.2. The highest BCUT2D eigenvalue weighted by Gasteiger charge is 2.40. The molecule has 0 aliphatic rings. The lowest BCUT2D eigenvalue weighted by Crippen LogP contribution is -2.39. The quantitative estimate of drug-likeness (QED) is 0.381. The van der Waals surface area contributed by atoms with Crippen LogP contribution in [0, 0.1) is 0 Å². The molecule has 3 aromatic carbocycles. The normalized spacial score (nSPS) is 12.9. The number of thioether (sulfide) groups is 1. The smallest absolute Gasteiger partial charge is 0.315 e. The summed E-state index contributed by atoms with van der Waals surface area (Å²) >= 11 is 7.38. The van der Waals surface area contributed by atoms with Gasteiger partial charge in [0.25, 0.3) is 0 Å². The Bertz CT molecular complexity index is 940. The van der Waals surface area contributed by atoms with Crippen molar-refractivity contribution in [2.45, 2.75) is 16.7 Å². The van der Waals surface area contributed by atoms with Crippen LogP contribution in [0.4, 0.5) is 0 Å². The number of carbonyl (C=O) groups is 2. The molecular formula is C23H19ClO3S. The molecule has 0 heterocycles. The molecule has 1 N–H and O–H groups in total. The van der Waals surface area contributed by atoms with Crippen molar-refractivity contribution in [2.24, 2.45) is 0 Å². The first-order chi connectivity index (χ1) is 13.5. The number of hydrogen-bond donors (Lipinski definition) is 1. The average molecular weight is 411 g/mol. The van der Waals surface area contributed by atoms with Gasteiger partial charge >= 0.3 is 5.97 Å². The van der Waals surface area contributed by atoms with E-state index in [2.05, 4.69) is 0 Å². The third-order valence-electron chi connectivity index (χ3n) is 4.68. The SMILES string of the molecule is O=CC[C@](CSc1ccccc1)(C(=O)O)c1ccc(-c2ccc(Cl)cc2)cc1. The maximum absolute atomic E-state index is 12.2. The van der Waals surface area contributed by atoms with Crippen LogP contribution >= 0.6 is 23.4 Å². The van der Waals surface area contributed by atoms with Gasteiger partial charge < -0.3 is 9.90 Å². The molecule has 0 bridgehead atoms. The molecule has 0 spiro atoms. The summed E-state index contributed by atoms with van der Waals surface area (Å²) in [4.78, 5) is 24.6. The highest BCUT2D eigenvalue weighted by molar-refractivity contribution is 7.99. The van der Waals surface area contributed by atoms with Gasteiger partial charge in [-0.2, -0.15) is 0 Å². The molecule has 1 atom stereocenters. The summed E-state index contributed by atoms with van der Waals surface area (Å²) in [5, 5.41) is 10.7. The number of aliphatic carboxylic acids is 1. The molecule has 0 saturated heterocycles. The van der Waals surface area contributed by atoms with Gasteiger partial charge in [-0.05, 0) is 41.0 Å². The Morgan fingerprint density at radius 3 is 2.04 bits per heavy atom. The second-order valence-corrected chi connectivity index (χ2v) is 7.93. The molecule has 5 heteroatoms. The Morgan fingerprint density at radius 2 is 1.50 bits per heavy atom. The number of carboxylic acids is 1. The van der Waals surface area contributed by atoms with E-state index in [4.69, 9.17) is 11.6 Å². The highest BCUT2D eigenvalue weighted by Crippen LogP contribution is 2.36. The summed E-state index contributed by atoms with van der Waals surface area (Å²) in [6.45, 7) is 0. The Morgan fingerprint density at radius 1 is 0.929 bits per heavy atom. The van der Waals surface area contributed by atoms with Gasteiger partial charge in [0.15, 0.2) is 0 Å². The van der Waals surface area contributed by atoms with Crippen molar-refractivity contribution >= 4 is 35.6 Å². The summed E-state index contributed by atoms with van der Waals surface area (Å²) in [6, 6.07) is 24.4. The van der Waals surface area contributed by atoms with Crippen molar-refractivity contribution in [3.8, 4) is 11.1 Å². The lowest BCUT2D eigenvalue weighted by Gasteiger charge is -2.28. The van der Waals surface area contributed by atoms with E-state index in [-0.39, 0.29) is 12.2 Å². The van der Waals surface area contributed by atoms with Gasteiger partial charge in [0.2, 0.25) is 0 Å². The molecule has 0 aliphatic heterocycles. The summed E-state index contributed by atoms with van der Waals surface area (Å²) in [6.07, 6.45) is 0.606. The van der Waals surface area contributed by atoms with Crippen molar-refractivity contribution in [3.05, 3.63) is 89.4 Å². The van der Waals surface area contributed by atoms with E-state index in [1.807, 2.05) is 66.7 Å². The molecule has 28 heavy (non-hydrogen) atoms. The van der Waals surface area contributed by atoms with Crippen LogP contribution in [0.2, 0.25) is 5.02 Å². The van der Waals surface area contributed by atoms with Crippen LogP contribution in [0.15, 0.2) is 83.8 Å². The Labute approximate surface area is 173 Å². The molecule has 0 radical (unpaired) electrons. The van der Waals surface area contributed by atoms with Crippen molar-refractivity contribution in [1.29, 1.82) is 0 Å². The Kier molecular flexibility index (Phi) is 6.55. The molecule has 3 nitrogen and oxygen atoms in total. The van der Waals surface area contributed by atoms with Gasteiger partial charge in [0.05, 0.1) is 0 Å². The predicted octanol–water partition coefficient (Wildman–Crippen LogP) is 5.71. The van der Waals surface area contributed by atoms with Crippen LogP contribution in [0.3, 0.4) is 0 Å². The first-order valence-electron chi connectivity index (χ1n) is 8.76. The van der Waals surface area contributed by atoms with Gasteiger partial charge in [-0.25, -0.2) is 0 Å². The third-order valence-corrected chi connectivity index (χ3v) is 6.18. The Hall–Kier alpha value is -2.56. The van der Waals surface area contributed by atoms with E-state index in [1.165, 1.54) is 11.8 Å². The number of halogens is 1. The maximum Gasteiger partial charge on any atom is 0.315 e. The van der Waals surface area contributed by atoms with Gasteiger partial charge in [-0.3, -0.25) is 4.79 Å². The van der Waals surface area contributed by atoms with Crippen molar-refractivity contribution in [2.75, 3.05) is 5.75 Å². The summed E-state index contributed by atoms with van der Waals surface area (Å²) in [5.41, 5.74) is 1.29. The first kappa shape index (κ1) is 20.2. The van der Waals surface area contributed by atoms with Crippen LogP contribution in [-0.2, 0) is 15.0 Å². The fraction of sp³-hybridized carbons (Fsp3) is 0.130. The summed E-state index contributed by atoms with van der Waals surface area (Å²) in [7, 11) is 0. The minimum Gasteiger partial charge on any atom is -0.481 e. The predicted molar refractivity (Wildman–Crippen MR) is 114 cm³/mol. The number of hydrogen-bond acceptors (Lipinski definition) is 3. The first-order valence-corrected chi connectivity index (χ1v) is 10.1. The molecule has 3 rings (SSSR count). The number of aldehydes is 1. The second kappa shape index (κ2) is 9.09. The van der Waals surface area contributed by atoms with E-state index in [1.54, 1.807) is 12.1 Å². The van der Waals surface area contributed by atoms with Crippen LogP contribution in [0.1, 0.15) is 12.0 Å². The molecule has 0 fully saturated rings. The number of carboxylic acid groups (broad SMARTS) is 1. The minimum absolute atomic E-state index is 0.0809. The average Bonchev–Trinajstić information content (AvgIpc) is 2.72. The number of rotatable bonds is 8. The molecule has 3 aromatic rings. The number of benzene rings is 3. The van der Waals surface area contributed by atoms with Crippen molar-refractivity contribution in [1.82, 2.24) is 0 Å². The molecule has 0 unspecified atom stereocenters. The second-order valence-electron chi connectivity index (χ2n) is 6.44. The van der Waals surface area contributed by atoms with E-state index in [9.17, 15) is 14.7 Å². The van der Waals surface area contributed by atoms with E-state index >= 15 is 0 Å². The van der Waals surface area contributed by atoms with Crippen molar-refractivity contribution < 1.29 is 14.7 Å². The van der Waals surface area contributed by atoms with Crippen LogP contribution in [0.5, 0.6) is 0 Å². The zero-order valence-electron chi connectivity index (χ0n) is 15.0. The fourth-order valence-corrected chi connectivity index (χ4v) is 4.32. The zero-order chi connectivity index (χ0) is 20.0. The minimum atomic E-state index is -1.28.